The number of nitrogens with one attached hydrogen (secondary N) is 2. The predicted molar refractivity (Wildman–Crippen MR) is 115 cm³/mol. The number of guanidine groups is 1. The van der Waals surface area contributed by atoms with Crippen molar-refractivity contribution < 1.29 is 5.11 Å². The number of rotatable bonds is 7. The van der Waals surface area contributed by atoms with Crippen molar-refractivity contribution in [1.29, 1.82) is 5.41 Å². The summed E-state index contributed by atoms with van der Waals surface area (Å²) in [6, 6.07) is 10.1. The molecule has 2 rings (SSSR count). The second-order valence-electron chi connectivity index (χ2n) is 6.98. The standard InChI is InChI=1S/C21H32N6O/c1-6-17(13-28)24-21(22)25-20(19-16(5)27(14-23-19)15(3)4)26(7-2)18-11-9-8-10-12-18/h8-12,14-15,17,28H,6-7,13H2,1-5H3,(H2,22,24)/b25-20+/t17-/m1/s1. The van der Waals surface area contributed by atoms with Crippen molar-refractivity contribution in [1.82, 2.24) is 14.9 Å². The highest BCUT2D eigenvalue weighted by atomic mass is 16.3. The van der Waals surface area contributed by atoms with E-state index in [1.54, 1.807) is 0 Å². The average Bonchev–Trinajstić information content (AvgIpc) is 3.08. The third-order valence-electron chi connectivity index (χ3n) is 4.72. The predicted octanol–water partition coefficient (Wildman–Crippen LogP) is 3.34. The van der Waals surface area contributed by atoms with E-state index in [2.05, 4.69) is 45.5 Å². The van der Waals surface area contributed by atoms with E-state index in [1.807, 2.05) is 50.5 Å². The lowest BCUT2D eigenvalue weighted by Crippen LogP contribution is -2.39. The van der Waals surface area contributed by atoms with Crippen LogP contribution >= 0.6 is 0 Å². The molecular weight excluding hydrogens is 352 g/mol. The third kappa shape index (κ3) is 4.98. The number of anilines is 1. The molecule has 1 aromatic carbocycles. The molecular formula is C21H32N6O. The summed E-state index contributed by atoms with van der Waals surface area (Å²) in [5.74, 6) is 0.639. The lowest BCUT2D eigenvalue weighted by atomic mass is 10.2. The summed E-state index contributed by atoms with van der Waals surface area (Å²) in [7, 11) is 0. The van der Waals surface area contributed by atoms with Crippen LogP contribution in [0.4, 0.5) is 5.69 Å². The van der Waals surface area contributed by atoms with E-state index in [0.717, 1.165) is 17.1 Å². The molecule has 2 aromatic rings. The molecule has 1 heterocycles. The Kier molecular flexibility index (Phi) is 7.75. The fourth-order valence-corrected chi connectivity index (χ4v) is 3.07. The Balaban J connectivity index is 2.52. The van der Waals surface area contributed by atoms with E-state index >= 15 is 0 Å². The summed E-state index contributed by atoms with van der Waals surface area (Å²) in [6.45, 7) is 10.9. The van der Waals surface area contributed by atoms with Gasteiger partial charge >= 0.3 is 0 Å². The first-order valence-electron chi connectivity index (χ1n) is 9.83. The van der Waals surface area contributed by atoms with Crippen LogP contribution in [0.25, 0.3) is 0 Å². The number of hydrogen-bond acceptors (Lipinski definition) is 3. The molecule has 0 aliphatic heterocycles. The molecule has 0 saturated carbocycles. The highest BCUT2D eigenvalue weighted by molar-refractivity contribution is 6.13. The minimum atomic E-state index is -0.196. The number of para-hydroxylation sites is 1. The van der Waals surface area contributed by atoms with Crippen LogP contribution in [0.5, 0.6) is 0 Å². The molecule has 0 saturated heterocycles. The molecule has 0 radical (unpaired) electrons. The molecule has 3 N–H and O–H groups in total. The summed E-state index contributed by atoms with van der Waals surface area (Å²) in [4.78, 5) is 11.3. The van der Waals surface area contributed by atoms with Gasteiger partial charge in [-0.3, -0.25) is 5.41 Å². The van der Waals surface area contributed by atoms with Crippen molar-refractivity contribution >= 4 is 17.5 Å². The second kappa shape index (κ2) is 10.0. The van der Waals surface area contributed by atoms with Gasteiger partial charge in [-0.15, -0.1) is 0 Å². The van der Waals surface area contributed by atoms with E-state index in [4.69, 9.17) is 5.41 Å². The van der Waals surface area contributed by atoms with Gasteiger partial charge in [0.1, 0.15) is 5.69 Å². The van der Waals surface area contributed by atoms with Gasteiger partial charge in [0.2, 0.25) is 5.96 Å². The lowest BCUT2D eigenvalue weighted by molar-refractivity contribution is 0.252. The topological polar surface area (TPSA) is 89.5 Å². The van der Waals surface area contributed by atoms with Crippen LogP contribution in [0.2, 0.25) is 0 Å². The summed E-state index contributed by atoms with van der Waals surface area (Å²) < 4.78 is 2.10. The van der Waals surface area contributed by atoms with Crippen LogP contribution in [0.15, 0.2) is 41.7 Å². The van der Waals surface area contributed by atoms with Gasteiger partial charge in [0, 0.05) is 24.0 Å². The normalized spacial score (nSPS) is 12.9. The van der Waals surface area contributed by atoms with Gasteiger partial charge in [0.25, 0.3) is 0 Å². The van der Waals surface area contributed by atoms with Crippen LogP contribution in [0, 0.1) is 12.3 Å². The minimum Gasteiger partial charge on any atom is -0.394 e. The van der Waals surface area contributed by atoms with Crippen molar-refractivity contribution in [3.05, 3.63) is 48.0 Å². The molecule has 7 nitrogen and oxygen atoms in total. The SMILES string of the molecule is CC[C@H](CO)NC(=N)/N=C(\c1ncn(C(C)C)c1C)N(CC)c1ccccc1. The summed E-state index contributed by atoms with van der Waals surface area (Å²) in [6.07, 6.45) is 2.53. The highest BCUT2D eigenvalue weighted by Crippen LogP contribution is 2.20. The molecule has 0 bridgehead atoms. The second-order valence-corrected chi connectivity index (χ2v) is 6.98. The number of aliphatic imine (C=N–C) groups is 1. The quantitative estimate of drug-likeness (QED) is 0.504. The Hall–Kier alpha value is -2.67. The molecule has 0 fully saturated rings. The maximum absolute atomic E-state index is 9.43. The van der Waals surface area contributed by atoms with E-state index in [-0.39, 0.29) is 24.7 Å². The van der Waals surface area contributed by atoms with Crippen molar-refractivity contribution in [3.63, 3.8) is 0 Å². The van der Waals surface area contributed by atoms with Gasteiger partial charge in [-0.05, 0) is 46.2 Å². The number of aliphatic hydroxyl groups is 1. The zero-order valence-corrected chi connectivity index (χ0v) is 17.5. The number of aliphatic hydroxyl groups excluding tert-OH is 1. The first kappa shape index (κ1) is 21.6. The van der Waals surface area contributed by atoms with Gasteiger partial charge in [0.15, 0.2) is 5.84 Å². The molecule has 1 atom stereocenters. The van der Waals surface area contributed by atoms with E-state index in [1.165, 1.54) is 0 Å². The molecule has 7 heteroatoms. The summed E-state index contributed by atoms with van der Waals surface area (Å²) in [5.41, 5.74) is 2.75. The van der Waals surface area contributed by atoms with Gasteiger partial charge in [-0.2, -0.15) is 4.99 Å². The number of nitrogens with zero attached hydrogens (tertiary/aromatic N) is 4. The van der Waals surface area contributed by atoms with Crippen LogP contribution in [0.3, 0.4) is 0 Å². The van der Waals surface area contributed by atoms with Crippen LogP contribution in [-0.4, -0.2) is 45.6 Å². The number of aromatic nitrogens is 2. The first-order chi connectivity index (χ1) is 13.4. The molecule has 0 aliphatic carbocycles. The Morgan fingerprint density at radius 3 is 2.46 bits per heavy atom. The van der Waals surface area contributed by atoms with Crippen LogP contribution in [-0.2, 0) is 0 Å². The van der Waals surface area contributed by atoms with Crippen LogP contribution < -0.4 is 10.2 Å². The average molecular weight is 385 g/mol. The Morgan fingerprint density at radius 2 is 1.96 bits per heavy atom. The van der Waals surface area contributed by atoms with Gasteiger partial charge in [-0.1, -0.05) is 25.1 Å². The fraction of sp³-hybridized carbons (Fsp3) is 0.476. The first-order valence-corrected chi connectivity index (χ1v) is 9.83. The van der Waals surface area contributed by atoms with Gasteiger partial charge in [-0.25, -0.2) is 4.98 Å². The van der Waals surface area contributed by atoms with E-state index in [9.17, 15) is 5.11 Å². The number of hydrogen-bond donors (Lipinski definition) is 3. The Morgan fingerprint density at radius 1 is 1.29 bits per heavy atom. The van der Waals surface area contributed by atoms with E-state index < -0.39 is 0 Å². The molecule has 0 unspecified atom stereocenters. The van der Waals surface area contributed by atoms with Crippen molar-refractivity contribution in [2.24, 2.45) is 4.99 Å². The highest BCUT2D eigenvalue weighted by Gasteiger charge is 2.22. The Labute approximate surface area is 167 Å². The molecule has 0 aliphatic rings. The summed E-state index contributed by atoms with van der Waals surface area (Å²) >= 11 is 0. The molecule has 28 heavy (non-hydrogen) atoms. The van der Waals surface area contributed by atoms with Crippen molar-refractivity contribution in [2.75, 3.05) is 18.1 Å². The van der Waals surface area contributed by atoms with Crippen molar-refractivity contribution in [3.8, 4) is 0 Å². The van der Waals surface area contributed by atoms with Crippen LogP contribution in [0.1, 0.15) is 51.5 Å². The Bertz CT molecular complexity index is 792. The molecule has 152 valence electrons. The minimum absolute atomic E-state index is 0.0174. The summed E-state index contributed by atoms with van der Waals surface area (Å²) in [5, 5.41) is 20.7. The number of imidazole rings is 1. The smallest absolute Gasteiger partial charge is 0.217 e. The zero-order chi connectivity index (χ0) is 20.7. The van der Waals surface area contributed by atoms with Gasteiger partial charge in [0.05, 0.1) is 19.0 Å². The lowest BCUT2D eigenvalue weighted by Gasteiger charge is -2.25. The molecule has 0 spiro atoms. The zero-order valence-electron chi connectivity index (χ0n) is 17.5. The van der Waals surface area contributed by atoms with Crippen molar-refractivity contribution in [2.45, 2.75) is 53.1 Å². The molecule has 1 aromatic heterocycles. The van der Waals surface area contributed by atoms with E-state index in [0.29, 0.717) is 18.8 Å². The fourth-order valence-electron chi connectivity index (χ4n) is 3.07. The third-order valence-corrected chi connectivity index (χ3v) is 4.72. The monoisotopic (exact) mass is 384 g/mol. The number of amidine groups is 1. The maximum Gasteiger partial charge on any atom is 0.217 e. The van der Waals surface area contributed by atoms with Gasteiger partial charge < -0.3 is 19.9 Å². The maximum atomic E-state index is 9.43. The largest absolute Gasteiger partial charge is 0.394 e. The number of benzene rings is 1. The molecule has 0 amide bonds.